The minimum Gasteiger partial charge on any atom is -0.487 e. The summed E-state index contributed by atoms with van der Waals surface area (Å²) < 4.78 is 26.3. The van der Waals surface area contributed by atoms with Crippen LogP contribution in [0.25, 0.3) is 0 Å². The molecular formula is C40H36BrFN2O5. The number of cyclic esters (lactones) is 1. The number of nitrogens with zero attached hydrogens (tertiary/aromatic N) is 2. The lowest BCUT2D eigenvalue weighted by Gasteiger charge is -2.33. The number of halogens is 2. The number of rotatable bonds is 13. The zero-order chi connectivity index (χ0) is 34.2. The van der Waals surface area contributed by atoms with Crippen LogP contribution in [-0.4, -0.2) is 35.2 Å². The lowest BCUT2D eigenvalue weighted by molar-refractivity contribution is -0.133. The molecule has 1 heterocycles. The van der Waals surface area contributed by atoms with E-state index in [2.05, 4.69) is 15.9 Å². The van der Waals surface area contributed by atoms with Crippen LogP contribution in [0.2, 0.25) is 0 Å². The number of anilines is 2. The maximum atomic E-state index is 14.6. The second-order valence-electron chi connectivity index (χ2n) is 11.9. The summed E-state index contributed by atoms with van der Waals surface area (Å²) in [5, 5.41) is 11.1. The van der Waals surface area contributed by atoms with Gasteiger partial charge in [0.15, 0.2) is 0 Å². The smallest absolute Gasteiger partial charge is 0.417 e. The van der Waals surface area contributed by atoms with Gasteiger partial charge in [0, 0.05) is 16.7 Å². The highest BCUT2D eigenvalue weighted by atomic mass is 79.9. The predicted octanol–water partition coefficient (Wildman–Crippen LogP) is 9.16. The Morgan fingerprint density at radius 3 is 2.24 bits per heavy atom. The number of para-hydroxylation sites is 1. The van der Waals surface area contributed by atoms with Crippen molar-refractivity contribution in [2.75, 3.05) is 18.1 Å². The molecule has 3 unspecified atom stereocenters. The van der Waals surface area contributed by atoms with Crippen molar-refractivity contribution >= 4 is 39.3 Å². The molecule has 3 atom stereocenters. The number of carbonyl (C=O) groups excluding carboxylic acids is 2. The van der Waals surface area contributed by atoms with Gasteiger partial charge in [-0.3, -0.25) is 4.79 Å². The lowest BCUT2D eigenvalue weighted by Crippen LogP contribution is -2.42. The molecular weight excluding hydrogens is 687 g/mol. The Morgan fingerprint density at radius 2 is 1.55 bits per heavy atom. The van der Waals surface area contributed by atoms with Gasteiger partial charge in [-0.25, -0.2) is 14.1 Å². The van der Waals surface area contributed by atoms with E-state index in [1.165, 1.54) is 29.2 Å². The molecule has 6 rings (SSSR count). The lowest BCUT2D eigenvalue weighted by atomic mass is 9.94. The summed E-state index contributed by atoms with van der Waals surface area (Å²) >= 11 is 3.59. The van der Waals surface area contributed by atoms with Gasteiger partial charge < -0.3 is 19.5 Å². The molecule has 0 bridgehead atoms. The number of imide groups is 1. The third kappa shape index (κ3) is 8.36. The fourth-order valence-electron chi connectivity index (χ4n) is 6.02. The summed E-state index contributed by atoms with van der Waals surface area (Å²) in [6, 6.07) is 39.7. The van der Waals surface area contributed by atoms with Gasteiger partial charge in [-0.15, -0.1) is 0 Å². The summed E-state index contributed by atoms with van der Waals surface area (Å²) in [5.74, 6) is -0.977. The standard InChI is InChI=1S/C40H36BrFN2O5/c41-32-19-22-35(38(24-32)48-26-28-10-4-1-5-11-28)43(34-14-8-3-9-15-34)25-31(18-23-37(45)30-16-20-33(42)21-17-30)39(46)44-36(27-49-40(44)47)29-12-6-2-7-13-29/h1-17,19-22,24,31,36-37,45H,18,23,25-27H2. The van der Waals surface area contributed by atoms with E-state index in [9.17, 15) is 19.1 Å². The molecule has 1 fully saturated rings. The van der Waals surface area contributed by atoms with Crippen molar-refractivity contribution in [3.05, 3.63) is 160 Å². The highest BCUT2D eigenvalue weighted by molar-refractivity contribution is 9.10. The van der Waals surface area contributed by atoms with Crippen LogP contribution in [0.4, 0.5) is 20.6 Å². The van der Waals surface area contributed by atoms with Crippen molar-refractivity contribution in [3.8, 4) is 5.75 Å². The Labute approximate surface area is 293 Å². The Balaban J connectivity index is 1.36. The van der Waals surface area contributed by atoms with Gasteiger partial charge >= 0.3 is 6.09 Å². The van der Waals surface area contributed by atoms with E-state index in [4.69, 9.17) is 9.47 Å². The number of hydrogen-bond acceptors (Lipinski definition) is 6. The molecule has 1 N–H and O–H groups in total. The quantitative estimate of drug-likeness (QED) is 0.131. The average Bonchev–Trinajstić information content (AvgIpc) is 3.53. The number of aliphatic hydroxyl groups is 1. The monoisotopic (exact) mass is 722 g/mol. The van der Waals surface area contributed by atoms with Gasteiger partial charge in [-0.05, 0) is 72.0 Å². The molecule has 0 radical (unpaired) electrons. The van der Waals surface area contributed by atoms with E-state index >= 15 is 0 Å². The number of aliphatic hydroxyl groups excluding tert-OH is 1. The Morgan fingerprint density at radius 1 is 0.898 bits per heavy atom. The SMILES string of the molecule is O=C1OCC(c2ccccc2)N1C(=O)C(CCC(O)c1ccc(F)cc1)CN(c1ccccc1)c1ccc(Br)cc1OCc1ccccc1. The molecule has 0 aromatic heterocycles. The highest BCUT2D eigenvalue weighted by Crippen LogP contribution is 2.39. The predicted molar refractivity (Wildman–Crippen MR) is 190 cm³/mol. The van der Waals surface area contributed by atoms with Gasteiger partial charge in [0.2, 0.25) is 5.91 Å². The maximum absolute atomic E-state index is 14.6. The average molecular weight is 724 g/mol. The van der Waals surface area contributed by atoms with E-state index in [0.717, 1.165) is 27.0 Å². The second-order valence-corrected chi connectivity index (χ2v) is 12.8. The molecule has 0 aliphatic carbocycles. The van der Waals surface area contributed by atoms with Crippen LogP contribution in [0.3, 0.4) is 0 Å². The molecule has 250 valence electrons. The zero-order valence-corrected chi connectivity index (χ0v) is 28.3. The minimum absolute atomic E-state index is 0.0477. The van der Waals surface area contributed by atoms with Crippen molar-refractivity contribution in [3.63, 3.8) is 0 Å². The number of carbonyl (C=O) groups is 2. The summed E-state index contributed by atoms with van der Waals surface area (Å²) in [7, 11) is 0. The molecule has 1 saturated heterocycles. The molecule has 0 saturated carbocycles. The summed E-state index contributed by atoms with van der Waals surface area (Å²) in [5.41, 5.74) is 3.87. The minimum atomic E-state index is -0.950. The van der Waals surface area contributed by atoms with Gasteiger partial charge in [-0.1, -0.05) is 107 Å². The largest absolute Gasteiger partial charge is 0.487 e. The molecule has 5 aromatic carbocycles. The first-order valence-corrected chi connectivity index (χ1v) is 16.9. The van der Waals surface area contributed by atoms with Gasteiger partial charge in [0.25, 0.3) is 0 Å². The highest BCUT2D eigenvalue weighted by Gasteiger charge is 2.42. The number of amides is 2. The van der Waals surface area contributed by atoms with E-state index in [-0.39, 0.29) is 26.0 Å². The molecule has 1 aliphatic heterocycles. The van der Waals surface area contributed by atoms with Crippen LogP contribution >= 0.6 is 15.9 Å². The van der Waals surface area contributed by atoms with E-state index in [0.29, 0.717) is 17.9 Å². The van der Waals surface area contributed by atoms with Crippen molar-refractivity contribution in [2.24, 2.45) is 5.92 Å². The van der Waals surface area contributed by atoms with Crippen LogP contribution < -0.4 is 9.64 Å². The van der Waals surface area contributed by atoms with E-state index < -0.39 is 35.9 Å². The maximum Gasteiger partial charge on any atom is 0.417 e. The van der Waals surface area contributed by atoms with Crippen LogP contribution in [0.15, 0.2) is 138 Å². The fraction of sp³-hybridized carbons (Fsp3) is 0.200. The Hall–Kier alpha value is -4.99. The topological polar surface area (TPSA) is 79.3 Å². The molecule has 5 aromatic rings. The first-order valence-electron chi connectivity index (χ1n) is 16.1. The van der Waals surface area contributed by atoms with Gasteiger partial charge in [0.05, 0.1) is 17.7 Å². The van der Waals surface area contributed by atoms with Crippen LogP contribution in [0, 0.1) is 11.7 Å². The summed E-state index contributed by atoms with van der Waals surface area (Å²) in [6.45, 7) is 0.539. The summed E-state index contributed by atoms with van der Waals surface area (Å²) in [6.07, 6.45) is -1.23. The Kier molecular flexibility index (Phi) is 11.0. The van der Waals surface area contributed by atoms with Crippen molar-refractivity contribution in [2.45, 2.75) is 31.6 Å². The van der Waals surface area contributed by atoms with Crippen molar-refractivity contribution in [1.29, 1.82) is 0 Å². The molecule has 0 spiro atoms. The number of ether oxygens (including phenoxy) is 2. The molecule has 9 heteroatoms. The third-order valence-corrected chi connectivity index (χ3v) is 9.10. The normalized spacial score (nSPS) is 15.4. The first kappa shape index (κ1) is 33.9. The van der Waals surface area contributed by atoms with E-state index in [1.807, 2.05) is 114 Å². The first-order chi connectivity index (χ1) is 23.9. The van der Waals surface area contributed by atoms with Crippen LogP contribution in [-0.2, 0) is 16.1 Å². The van der Waals surface area contributed by atoms with Crippen molar-refractivity contribution in [1.82, 2.24) is 4.90 Å². The van der Waals surface area contributed by atoms with E-state index in [1.54, 1.807) is 0 Å². The van der Waals surface area contributed by atoms with Crippen LogP contribution in [0.5, 0.6) is 5.75 Å². The summed E-state index contributed by atoms with van der Waals surface area (Å²) in [4.78, 5) is 31.0. The number of hydrogen-bond donors (Lipinski definition) is 1. The zero-order valence-electron chi connectivity index (χ0n) is 26.7. The molecule has 2 amide bonds. The molecule has 1 aliphatic rings. The third-order valence-electron chi connectivity index (χ3n) is 8.61. The Bertz CT molecular complexity index is 1840. The second kappa shape index (κ2) is 15.9. The number of benzene rings is 5. The van der Waals surface area contributed by atoms with Gasteiger partial charge in [-0.2, -0.15) is 0 Å². The molecule has 7 nitrogen and oxygen atoms in total. The molecule has 49 heavy (non-hydrogen) atoms. The van der Waals surface area contributed by atoms with Crippen molar-refractivity contribution < 1.29 is 28.6 Å². The fourth-order valence-corrected chi connectivity index (χ4v) is 6.36. The van der Waals surface area contributed by atoms with Crippen LogP contribution in [0.1, 0.15) is 41.7 Å². The van der Waals surface area contributed by atoms with Gasteiger partial charge in [0.1, 0.15) is 30.8 Å².